The van der Waals surface area contributed by atoms with Crippen LogP contribution in [0.2, 0.25) is 0 Å². The third-order valence-corrected chi connectivity index (χ3v) is 3.32. The first-order chi connectivity index (χ1) is 10.5. The highest BCUT2D eigenvalue weighted by atomic mass is 16.5. The number of aromatic nitrogens is 2. The van der Waals surface area contributed by atoms with Gasteiger partial charge in [0.2, 0.25) is 0 Å². The maximum absolute atomic E-state index is 12.0. The topological polar surface area (TPSA) is 59.4 Å². The zero-order valence-corrected chi connectivity index (χ0v) is 13.5. The molecule has 1 heterocycles. The highest BCUT2D eigenvalue weighted by Gasteiger charge is 2.12. The number of hydrogen-bond acceptors (Lipinski definition) is 4. The van der Waals surface area contributed by atoms with Crippen LogP contribution in [0.4, 0.5) is 5.69 Å². The maximum Gasteiger partial charge on any atom is 0.253 e. The number of ether oxygens (including phenoxy) is 1. The summed E-state index contributed by atoms with van der Waals surface area (Å²) >= 11 is 0. The summed E-state index contributed by atoms with van der Waals surface area (Å²) in [6.07, 6.45) is 1.76. The fraction of sp³-hybridized carbons (Fsp3) is 0.375. The van der Waals surface area contributed by atoms with Crippen LogP contribution in [0.3, 0.4) is 0 Å². The molecule has 1 aromatic carbocycles. The summed E-state index contributed by atoms with van der Waals surface area (Å²) in [6.45, 7) is 3.10. The third-order valence-electron chi connectivity index (χ3n) is 3.32. The molecule has 0 atom stereocenters. The van der Waals surface area contributed by atoms with Gasteiger partial charge in [-0.1, -0.05) is 0 Å². The Bertz CT molecular complexity index is 649. The van der Waals surface area contributed by atoms with Crippen molar-refractivity contribution < 1.29 is 9.53 Å². The van der Waals surface area contributed by atoms with Gasteiger partial charge in [-0.05, 0) is 31.2 Å². The number of rotatable bonds is 6. The molecule has 0 aliphatic rings. The highest BCUT2D eigenvalue weighted by molar-refractivity contribution is 5.95. The van der Waals surface area contributed by atoms with E-state index in [1.54, 1.807) is 37.3 Å². The Morgan fingerprint density at radius 3 is 2.73 bits per heavy atom. The molecule has 0 saturated heterocycles. The van der Waals surface area contributed by atoms with E-state index in [4.69, 9.17) is 4.74 Å². The minimum atomic E-state index is -0.0425. The summed E-state index contributed by atoms with van der Waals surface area (Å²) in [6, 6.07) is 7.41. The van der Waals surface area contributed by atoms with Crippen molar-refractivity contribution in [1.82, 2.24) is 14.7 Å². The van der Waals surface area contributed by atoms with Crippen molar-refractivity contribution in [1.29, 1.82) is 0 Å². The summed E-state index contributed by atoms with van der Waals surface area (Å²) in [4.78, 5) is 13.6. The van der Waals surface area contributed by atoms with Crippen LogP contribution in [0.5, 0.6) is 5.75 Å². The van der Waals surface area contributed by atoms with Gasteiger partial charge in [0.05, 0.1) is 24.5 Å². The predicted molar refractivity (Wildman–Crippen MR) is 86.2 cm³/mol. The second-order valence-electron chi connectivity index (χ2n) is 5.14. The molecule has 1 amide bonds. The van der Waals surface area contributed by atoms with Crippen LogP contribution < -0.4 is 10.1 Å². The van der Waals surface area contributed by atoms with E-state index in [-0.39, 0.29) is 5.91 Å². The van der Waals surface area contributed by atoms with Gasteiger partial charge in [0.1, 0.15) is 5.75 Å². The van der Waals surface area contributed by atoms with Gasteiger partial charge in [0, 0.05) is 32.9 Å². The summed E-state index contributed by atoms with van der Waals surface area (Å²) in [5.74, 6) is 0.636. The summed E-state index contributed by atoms with van der Waals surface area (Å²) in [7, 11) is 5.37. The van der Waals surface area contributed by atoms with Gasteiger partial charge in [-0.3, -0.25) is 9.48 Å². The lowest BCUT2D eigenvalue weighted by molar-refractivity contribution is 0.0827. The van der Waals surface area contributed by atoms with E-state index < -0.39 is 0 Å². The molecule has 0 unspecified atom stereocenters. The number of amides is 1. The van der Waals surface area contributed by atoms with E-state index in [0.717, 1.165) is 11.4 Å². The van der Waals surface area contributed by atoms with Crippen molar-refractivity contribution in [3.63, 3.8) is 0 Å². The van der Waals surface area contributed by atoms with E-state index in [9.17, 15) is 4.79 Å². The first-order valence-corrected chi connectivity index (χ1v) is 7.22. The van der Waals surface area contributed by atoms with Gasteiger partial charge in [0.15, 0.2) is 0 Å². The number of carbonyl (C=O) groups is 1. The number of aryl methyl sites for hydroxylation is 1. The monoisotopic (exact) mass is 302 g/mol. The highest BCUT2D eigenvalue weighted by Crippen LogP contribution is 2.27. The second kappa shape index (κ2) is 6.98. The van der Waals surface area contributed by atoms with Crippen molar-refractivity contribution in [3.8, 4) is 5.75 Å². The smallest absolute Gasteiger partial charge is 0.253 e. The first kappa shape index (κ1) is 15.9. The fourth-order valence-electron chi connectivity index (χ4n) is 2.10. The third kappa shape index (κ3) is 3.58. The molecule has 0 fully saturated rings. The minimum Gasteiger partial charge on any atom is -0.492 e. The average molecular weight is 302 g/mol. The van der Waals surface area contributed by atoms with E-state index in [2.05, 4.69) is 10.4 Å². The molecule has 2 aromatic rings. The summed E-state index contributed by atoms with van der Waals surface area (Å²) < 4.78 is 7.47. The fourth-order valence-corrected chi connectivity index (χ4v) is 2.10. The second-order valence-corrected chi connectivity index (χ2v) is 5.14. The van der Waals surface area contributed by atoms with Gasteiger partial charge < -0.3 is 15.0 Å². The Balaban J connectivity index is 2.19. The predicted octanol–water partition coefficient (Wildman–Crippen LogP) is 2.13. The number of nitrogens with one attached hydrogen (secondary N) is 1. The lowest BCUT2D eigenvalue weighted by Crippen LogP contribution is -2.21. The molecule has 118 valence electrons. The molecule has 0 bridgehead atoms. The van der Waals surface area contributed by atoms with Crippen LogP contribution in [0.15, 0.2) is 30.5 Å². The van der Waals surface area contributed by atoms with E-state index in [1.165, 1.54) is 0 Å². The Morgan fingerprint density at radius 2 is 2.14 bits per heavy atom. The van der Waals surface area contributed by atoms with Crippen LogP contribution in [0.1, 0.15) is 23.0 Å². The van der Waals surface area contributed by atoms with Crippen molar-refractivity contribution in [3.05, 3.63) is 41.7 Å². The Labute approximate surface area is 130 Å². The van der Waals surface area contributed by atoms with Crippen molar-refractivity contribution >= 4 is 11.6 Å². The van der Waals surface area contributed by atoms with E-state index >= 15 is 0 Å². The number of benzene rings is 1. The zero-order chi connectivity index (χ0) is 16.1. The lowest BCUT2D eigenvalue weighted by Gasteiger charge is -2.15. The number of anilines is 1. The maximum atomic E-state index is 12.0. The molecular weight excluding hydrogens is 280 g/mol. The SMILES string of the molecule is CCOc1cc(C(=O)N(C)C)ccc1NCc1ccnn1C. The van der Waals surface area contributed by atoms with Gasteiger partial charge in [-0.15, -0.1) is 0 Å². The van der Waals surface area contributed by atoms with Crippen LogP contribution in [0.25, 0.3) is 0 Å². The van der Waals surface area contributed by atoms with Gasteiger partial charge in [-0.25, -0.2) is 0 Å². The van der Waals surface area contributed by atoms with Crippen molar-refractivity contribution in [2.75, 3.05) is 26.0 Å². The molecule has 0 spiro atoms. The van der Waals surface area contributed by atoms with Gasteiger partial charge in [0.25, 0.3) is 5.91 Å². The van der Waals surface area contributed by atoms with Crippen molar-refractivity contribution in [2.24, 2.45) is 7.05 Å². The lowest BCUT2D eigenvalue weighted by atomic mass is 10.1. The average Bonchev–Trinajstić information content (AvgIpc) is 2.90. The molecule has 0 saturated carbocycles. The largest absolute Gasteiger partial charge is 0.492 e. The quantitative estimate of drug-likeness (QED) is 0.888. The van der Waals surface area contributed by atoms with E-state index in [1.807, 2.05) is 30.8 Å². The normalized spacial score (nSPS) is 10.4. The molecule has 6 nitrogen and oxygen atoms in total. The molecule has 6 heteroatoms. The number of carbonyl (C=O) groups excluding carboxylic acids is 1. The molecule has 22 heavy (non-hydrogen) atoms. The number of hydrogen-bond donors (Lipinski definition) is 1. The molecule has 0 aliphatic heterocycles. The van der Waals surface area contributed by atoms with Crippen LogP contribution in [-0.2, 0) is 13.6 Å². The molecular formula is C16H22N4O2. The minimum absolute atomic E-state index is 0.0425. The standard InChI is InChI=1S/C16H22N4O2/c1-5-22-15-10-12(16(21)19(2)3)6-7-14(15)17-11-13-8-9-18-20(13)4/h6-10,17H,5,11H2,1-4H3. The van der Waals surface area contributed by atoms with Crippen LogP contribution in [-0.4, -0.2) is 41.3 Å². The Hall–Kier alpha value is -2.50. The first-order valence-electron chi connectivity index (χ1n) is 7.22. The van der Waals surface area contributed by atoms with Crippen LogP contribution >= 0.6 is 0 Å². The molecule has 0 aliphatic carbocycles. The summed E-state index contributed by atoms with van der Waals surface area (Å²) in [5, 5.41) is 7.47. The van der Waals surface area contributed by atoms with Gasteiger partial charge >= 0.3 is 0 Å². The number of nitrogens with zero attached hydrogens (tertiary/aromatic N) is 3. The van der Waals surface area contributed by atoms with Crippen molar-refractivity contribution in [2.45, 2.75) is 13.5 Å². The van der Waals surface area contributed by atoms with E-state index in [0.29, 0.717) is 24.5 Å². The van der Waals surface area contributed by atoms with Crippen LogP contribution in [0, 0.1) is 0 Å². The molecule has 1 aromatic heterocycles. The zero-order valence-electron chi connectivity index (χ0n) is 13.5. The Kier molecular flexibility index (Phi) is 5.04. The molecule has 2 rings (SSSR count). The molecule has 1 N–H and O–H groups in total. The summed E-state index contributed by atoms with van der Waals surface area (Å²) in [5.41, 5.74) is 2.54. The Morgan fingerprint density at radius 1 is 1.36 bits per heavy atom. The molecule has 0 radical (unpaired) electrons. The van der Waals surface area contributed by atoms with Gasteiger partial charge in [-0.2, -0.15) is 5.10 Å².